The lowest BCUT2D eigenvalue weighted by Crippen LogP contribution is -2.48. The zero-order valence-corrected chi connectivity index (χ0v) is 27.0. The minimum atomic E-state index is -0.367. The van der Waals surface area contributed by atoms with Crippen molar-refractivity contribution in [2.24, 2.45) is 5.41 Å². The van der Waals surface area contributed by atoms with Crippen LogP contribution in [0, 0.1) is 11.2 Å². The fourth-order valence-corrected chi connectivity index (χ4v) is 4.79. The molecule has 1 amide bonds. The smallest absolute Gasteiger partial charge is 0.242 e. The first-order chi connectivity index (χ1) is 16.4. The van der Waals surface area contributed by atoms with E-state index >= 15 is 0 Å². The molecule has 0 fully saturated rings. The molecule has 3 rings (SSSR count). The Kier molecular flexibility index (Phi) is 13.2. The summed E-state index contributed by atoms with van der Waals surface area (Å²) in [4.78, 5) is 17.6. The predicted molar refractivity (Wildman–Crippen MR) is 162 cm³/mol. The van der Waals surface area contributed by atoms with Crippen molar-refractivity contribution in [3.8, 4) is 0 Å². The number of benzene rings is 1. The lowest BCUT2D eigenvalue weighted by Gasteiger charge is -2.30. The van der Waals surface area contributed by atoms with Crippen LogP contribution in [0.5, 0.6) is 0 Å². The molecule has 0 aliphatic heterocycles. The van der Waals surface area contributed by atoms with E-state index in [0.717, 1.165) is 37.9 Å². The number of aromatic nitrogens is 2. The Morgan fingerprint density at radius 3 is 2.57 bits per heavy atom. The van der Waals surface area contributed by atoms with E-state index in [-0.39, 0.29) is 68.7 Å². The zero-order valence-electron chi connectivity index (χ0n) is 22.8. The molecule has 1 unspecified atom stereocenters. The summed E-state index contributed by atoms with van der Waals surface area (Å²) in [6, 6.07) is 2.89. The molecule has 3 N–H and O–H groups in total. The van der Waals surface area contributed by atoms with Gasteiger partial charge < -0.3 is 20.5 Å². The molecule has 1 aromatic carbocycles. The second-order valence-electron chi connectivity index (χ2n) is 11.6. The highest BCUT2D eigenvalue weighted by atomic mass is 79.9. The maximum absolute atomic E-state index is 14.5. The summed E-state index contributed by atoms with van der Waals surface area (Å²) in [5.74, 6) is 0.167. The average Bonchev–Trinajstić information content (AvgIpc) is 3.22. The summed E-state index contributed by atoms with van der Waals surface area (Å²) >= 11 is 6.02. The first kappa shape index (κ1) is 34.0. The summed E-state index contributed by atoms with van der Waals surface area (Å²) in [6.07, 6.45) is 7.34. The number of nitrogens with one attached hydrogen (secondary N) is 3. The topological polar surface area (TPSA) is 71.0 Å². The number of carbonyl (C=O) groups is 1. The minimum absolute atomic E-state index is 0. The monoisotopic (exact) mass is 665 g/mol. The van der Waals surface area contributed by atoms with Gasteiger partial charge in [0.1, 0.15) is 5.82 Å². The molecule has 1 aliphatic carbocycles. The summed E-state index contributed by atoms with van der Waals surface area (Å²) < 4.78 is 16.5. The van der Waals surface area contributed by atoms with Gasteiger partial charge in [0, 0.05) is 30.4 Å². The van der Waals surface area contributed by atoms with E-state index in [1.807, 2.05) is 16.8 Å². The van der Waals surface area contributed by atoms with Crippen LogP contribution in [0.4, 0.5) is 10.2 Å². The fraction of sp³-hybridized carbons (Fsp3) is 0.630. The fourth-order valence-electron chi connectivity index (χ4n) is 4.56. The van der Waals surface area contributed by atoms with E-state index < -0.39 is 0 Å². The molecule has 10 heteroatoms. The summed E-state index contributed by atoms with van der Waals surface area (Å²) in [7, 11) is 0. The van der Waals surface area contributed by atoms with E-state index in [1.54, 1.807) is 6.33 Å². The third kappa shape index (κ3) is 9.92. The maximum atomic E-state index is 14.5. The largest absolute Gasteiger partial charge is 0.328 e. The quantitative estimate of drug-likeness (QED) is 0.272. The Hall–Kier alpha value is -1.00. The lowest BCUT2D eigenvalue weighted by atomic mass is 9.87. The third-order valence-corrected chi connectivity index (χ3v) is 6.76. The van der Waals surface area contributed by atoms with Gasteiger partial charge in [-0.3, -0.25) is 4.79 Å². The molecule has 0 spiro atoms. The molecule has 6 nitrogen and oxygen atoms in total. The van der Waals surface area contributed by atoms with E-state index in [1.165, 1.54) is 6.07 Å². The van der Waals surface area contributed by atoms with Crippen LogP contribution < -0.4 is 16.0 Å². The van der Waals surface area contributed by atoms with Crippen molar-refractivity contribution in [2.45, 2.75) is 91.3 Å². The van der Waals surface area contributed by atoms with Crippen LogP contribution in [-0.4, -0.2) is 40.6 Å². The first-order valence-corrected chi connectivity index (χ1v) is 13.0. The van der Waals surface area contributed by atoms with Crippen molar-refractivity contribution >= 4 is 57.3 Å². The van der Waals surface area contributed by atoms with Gasteiger partial charge in [-0.1, -0.05) is 45.7 Å². The molecule has 0 radical (unpaired) electrons. The van der Waals surface area contributed by atoms with Gasteiger partial charge >= 0.3 is 0 Å². The first-order valence-electron chi connectivity index (χ1n) is 12.7. The van der Waals surface area contributed by atoms with Gasteiger partial charge in [-0.15, -0.1) is 34.0 Å². The molecule has 1 aliphatic rings. The van der Waals surface area contributed by atoms with Gasteiger partial charge in [-0.05, 0) is 68.2 Å². The predicted octanol–water partition coefficient (Wildman–Crippen LogP) is 6.46. The summed E-state index contributed by atoms with van der Waals surface area (Å²) in [6.45, 7) is 14.7. The molecule has 210 valence electrons. The third-order valence-electron chi connectivity index (χ3n) is 6.54. The summed E-state index contributed by atoms with van der Waals surface area (Å²) in [5.41, 5.74) is 1.69. The Bertz CT molecular complexity index is 1020. The SMILES string of the molecule is Br.Br.CCCC(N[C@H]1CCc2cc(Cl)cc(F)c2C1)C(=O)Nc1cn(C(C)(C)CNCC(C)(C)C)cn1. The van der Waals surface area contributed by atoms with E-state index in [4.69, 9.17) is 11.6 Å². The van der Waals surface area contributed by atoms with Crippen LogP contribution in [0.2, 0.25) is 5.02 Å². The second kappa shape index (κ2) is 14.4. The van der Waals surface area contributed by atoms with Gasteiger partial charge in [0.15, 0.2) is 5.82 Å². The molecule has 1 heterocycles. The zero-order chi connectivity index (χ0) is 25.8. The van der Waals surface area contributed by atoms with Crippen LogP contribution in [0.15, 0.2) is 24.7 Å². The Balaban J connectivity index is 0.00000342. The van der Waals surface area contributed by atoms with E-state index in [0.29, 0.717) is 29.2 Å². The number of imidazole rings is 1. The summed E-state index contributed by atoms with van der Waals surface area (Å²) in [5, 5.41) is 10.4. The molecule has 0 saturated heterocycles. The number of aryl methyl sites for hydroxylation is 1. The van der Waals surface area contributed by atoms with Gasteiger partial charge in [-0.2, -0.15) is 0 Å². The number of rotatable bonds is 10. The second-order valence-corrected chi connectivity index (χ2v) is 12.0. The van der Waals surface area contributed by atoms with Crippen molar-refractivity contribution in [1.29, 1.82) is 0 Å². The average molecular weight is 668 g/mol. The molecule has 2 aromatic rings. The number of halogens is 4. The highest BCUT2D eigenvalue weighted by molar-refractivity contribution is 8.93. The normalized spacial score (nSPS) is 16.3. The van der Waals surface area contributed by atoms with Gasteiger partial charge in [0.2, 0.25) is 5.91 Å². The number of hydrogen-bond donors (Lipinski definition) is 3. The molecule has 2 atom stereocenters. The van der Waals surface area contributed by atoms with Crippen LogP contribution in [0.1, 0.15) is 71.9 Å². The van der Waals surface area contributed by atoms with Gasteiger partial charge in [0.05, 0.1) is 17.9 Å². The van der Waals surface area contributed by atoms with Gasteiger partial charge in [-0.25, -0.2) is 9.37 Å². The number of nitrogens with zero attached hydrogens (tertiary/aromatic N) is 2. The number of fused-ring (bicyclic) bond motifs is 1. The maximum Gasteiger partial charge on any atom is 0.242 e. The number of carbonyl (C=O) groups excluding carboxylic acids is 1. The van der Waals surface area contributed by atoms with Crippen LogP contribution in [0.3, 0.4) is 0 Å². The minimum Gasteiger partial charge on any atom is -0.328 e. The number of anilines is 1. The van der Waals surface area contributed by atoms with E-state index in [2.05, 4.69) is 62.5 Å². The molecule has 0 saturated carbocycles. The van der Waals surface area contributed by atoms with Crippen molar-refractivity contribution in [1.82, 2.24) is 20.2 Å². The van der Waals surface area contributed by atoms with Crippen molar-refractivity contribution < 1.29 is 9.18 Å². The lowest BCUT2D eigenvalue weighted by molar-refractivity contribution is -0.118. The van der Waals surface area contributed by atoms with Crippen LogP contribution >= 0.6 is 45.6 Å². The van der Waals surface area contributed by atoms with Crippen LogP contribution in [-0.2, 0) is 23.2 Å². The molecule has 0 bridgehead atoms. The van der Waals surface area contributed by atoms with E-state index in [9.17, 15) is 9.18 Å². The Morgan fingerprint density at radius 2 is 1.92 bits per heavy atom. The van der Waals surface area contributed by atoms with Crippen molar-refractivity contribution in [3.05, 3.63) is 46.6 Å². The Morgan fingerprint density at radius 1 is 1.22 bits per heavy atom. The number of amides is 1. The highest BCUT2D eigenvalue weighted by Crippen LogP contribution is 2.28. The van der Waals surface area contributed by atoms with Crippen LogP contribution in [0.25, 0.3) is 0 Å². The van der Waals surface area contributed by atoms with Gasteiger partial charge in [0.25, 0.3) is 0 Å². The Labute approximate surface area is 247 Å². The number of hydrogen-bond acceptors (Lipinski definition) is 4. The highest BCUT2D eigenvalue weighted by Gasteiger charge is 2.28. The molecule has 1 aromatic heterocycles. The molecular formula is C27H43Br2ClFN5O. The van der Waals surface area contributed by atoms with Crippen molar-refractivity contribution in [2.75, 3.05) is 18.4 Å². The van der Waals surface area contributed by atoms with Crippen molar-refractivity contribution in [3.63, 3.8) is 0 Å². The molecular weight excluding hydrogens is 625 g/mol. The molecule has 37 heavy (non-hydrogen) atoms. The standard InChI is InChI=1S/C27H41ClFN5O.2BrH/c1-7-8-23(32-20-10-9-18-11-19(28)12-22(29)21(18)13-20)25(35)33-24-14-34(17-31-24)27(5,6)16-30-15-26(2,3)4;;/h11-12,14,17,20,23,30,32H,7-10,13,15-16H2,1-6H3,(H,33,35);2*1H/t20-,23?;;/m0../s1.